The van der Waals surface area contributed by atoms with Gasteiger partial charge in [0, 0.05) is 17.5 Å². The van der Waals surface area contributed by atoms with Gasteiger partial charge in [0.2, 0.25) is 0 Å². The van der Waals surface area contributed by atoms with Crippen LogP contribution in [0.1, 0.15) is 44.5 Å². The predicted octanol–water partition coefficient (Wildman–Crippen LogP) is 3.60. The predicted molar refractivity (Wildman–Crippen MR) is 71.1 cm³/mol. The van der Waals surface area contributed by atoms with Crippen molar-refractivity contribution in [1.29, 1.82) is 0 Å². The Morgan fingerprint density at radius 2 is 2.25 bits per heavy atom. The minimum atomic E-state index is 0.347. The van der Waals surface area contributed by atoms with Crippen LogP contribution in [0.4, 0.5) is 0 Å². The van der Waals surface area contributed by atoms with Gasteiger partial charge in [0.05, 0.1) is 6.10 Å². The fraction of sp³-hybridized carbons (Fsp3) is 0.692. The molecule has 0 bridgehead atoms. The molecule has 1 aromatic heterocycles. The summed E-state index contributed by atoms with van der Waals surface area (Å²) in [6.45, 7) is 8.26. The van der Waals surface area contributed by atoms with Crippen LogP contribution < -0.4 is 5.32 Å². The molecule has 0 spiro atoms. The average Bonchev–Trinajstić information content (AvgIpc) is 2.76. The van der Waals surface area contributed by atoms with E-state index in [-0.39, 0.29) is 0 Å². The van der Waals surface area contributed by atoms with Gasteiger partial charge in [-0.3, -0.25) is 0 Å². The first-order valence-corrected chi connectivity index (χ1v) is 7.00. The third kappa shape index (κ3) is 5.10. The van der Waals surface area contributed by atoms with E-state index in [4.69, 9.17) is 4.74 Å². The molecule has 0 saturated carbocycles. The first-order chi connectivity index (χ1) is 7.74. The normalized spacial score (nSPS) is 13.2. The van der Waals surface area contributed by atoms with Crippen molar-refractivity contribution in [1.82, 2.24) is 5.32 Å². The van der Waals surface area contributed by atoms with Gasteiger partial charge in [-0.15, -0.1) is 11.3 Å². The van der Waals surface area contributed by atoms with E-state index in [9.17, 15) is 0 Å². The molecule has 3 heteroatoms. The molecule has 0 aliphatic carbocycles. The van der Waals surface area contributed by atoms with Gasteiger partial charge >= 0.3 is 0 Å². The lowest BCUT2D eigenvalue weighted by Gasteiger charge is -2.15. The lowest BCUT2D eigenvalue weighted by atomic mass is 10.2. The molecular formula is C13H23NOS. The minimum Gasteiger partial charge on any atom is -0.379 e. The second-order valence-corrected chi connectivity index (χ2v) is 5.18. The van der Waals surface area contributed by atoms with Crippen molar-refractivity contribution < 1.29 is 4.74 Å². The number of ether oxygens (including phenoxy) is 1. The van der Waals surface area contributed by atoms with Gasteiger partial charge in [-0.05, 0) is 44.7 Å². The molecule has 1 atom stereocenters. The van der Waals surface area contributed by atoms with Gasteiger partial charge in [-0.2, -0.15) is 0 Å². The van der Waals surface area contributed by atoms with Gasteiger partial charge in [-0.25, -0.2) is 0 Å². The molecule has 92 valence electrons. The highest BCUT2D eigenvalue weighted by molar-refractivity contribution is 7.10. The van der Waals surface area contributed by atoms with E-state index < -0.39 is 0 Å². The fourth-order valence-electron chi connectivity index (χ4n) is 1.60. The monoisotopic (exact) mass is 241 g/mol. The summed E-state index contributed by atoms with van der Waals surface area (Å²) in [5, 5.41) is 5.72. The Morgan fingerprint density at radius 3 is 2.81 bits per heavy atom. The van der Waals surface area contributed by atoms with Gasteiger partial charge < -0.3 is 10.1 Å². The zero-order valence-corrected chi connectivity index (χ0v) is 11.3. The van der Waals surface area contributed by atoms with E-state index in [2.05, 4.69) is 43.6 Å². The highest BCUT2D eigenvalue weighted by Crippen LogP contribution is 2.21. The number of hydrogen-bond acceptors (Lipinski definition) is 3. The Kier molecular flexibility index (Phi) is 6.69. The Bertz CT molecular complexity index is 259. The molecule has 16 heavy (non-hydrogen) atoms. The van der Waals surface area contributed by atoms with Crippen LogP contribution in [0.15, 0.2) is 17.5 Å². The highest BCUT2D eigenvalue weighted by atomic mass is 32.1. The van der Waals surface area contributed by atoms with E-state index in [1.54, 1.807) is 0 Å². The summed E-state index contributed by atoms with van der Waals surface area (Å²) >= 11 is 1.83. The van der Waals surface area contributed by atoms with Crippen LogP contribution in [-0.2, 0) is 4.74 Å². The van der Waals surface area contributed by atoms with Crippen molar-refractivity contribution in [3.63, 3.8) is 0 Å². The molecule has 2 nitrogen and oxygen atoms in total. The highest BCUT2D eigenvalue weighted by Gasteiger charge is 2.08. The van der Waals surface area contributed by atoms with Crippen molar-refractivity contribution >= 4 is 11.3 Å². The van der Waals surface area contributed by atoms with E-state index in [0.29, 0.717) is 12.1 Å². The summed E-state index contributed by atoms with van der Waals surface area (Å²) in [6.07, 6.45) is 2.57. The molecular weight excluding hydrogens is 218 g/mol. The topological polar surface area (TPSA) is 21.3 Å². The Hall–Kier alpha value is -0.380. The fourth-order valence-corrected chi connectivity index (χ4v) is 2.49. The van der Waals surface area contributed by atoms with Crippen LogP contribution >= 0.6 is 11.3 Å². The molecule has 0 radical (unpaired) electrons. The lowest BCUT2D eigenvalue weighted by molar-refractivity contribution is 0.0767. The summed E-state index contributed by atoms with van der Waals surface area (Å²) in [7, 11) is 0. The first-order valence-electron chi connectivity index (χ1n) is 6.12. The van der Waals surface area contributed by atoms with Gasteiger partial charge in [0.25, 0.3) is 0 Å². The second-order valence-electron chi connectivity index (χ2n) is 4.20. The third-order valence-corrected chi connectivity index (χ3v) is 3.44. The van der Waals surface area contributed by atoms with Crippen molar-refractivity contribution in [2.24, 2.45) is 0 Å². The van der Waals surface area contributed by atoms with Crippen LogP contribution in [0.2, 0.25) is 0 Å². The van der Waals surface area contributed by atoms with Gasteiger partial charge in [-0.1, -0.05) is 13.0 Å². The summed E-state index contributed by atoms with van der Waals surface area (Å²) in [5.41, 5.74) is 0. The van der Waals surface area contributed by atoms with E-state index in [1.807, 2.05) is 11.3 Å². The quantitative estimate of drug-likeness (QED) is 0.702. The first kappa shape index (κ1) is 13.7. The second kappa shape index (κ2) is 7.82. The molecule has 0 saturated heterocycles. The lowest BCUT2D eigenvalue weighted by Crippen LogP contribution is -2.22. The SMILES string of the molecule is CCC(NCCCOC(C)C)c1cccs1. The summed E-state index contributed by atoms with van der Waals surface area (Å²) in [4.78, 5) is 1.44. The van der Waals surface area contributed by atoms with Crippen LogP contribution in [0.5, 0.6) is 0 Å². The van der Waals surface area contributed by atoms with Crippen molar-refractivity contribution in [3.05, 3.63) is 22.4 Å². The number of nitrogens with one attached hydrogen (secondary N) is 1. The Labute approximate surface area is 103 Å². The number of rotatable bonds is 8. The molecule has 0 aliphatic rings. The Morgan fingerprint density at radius 1 is 1.44 bits per heavy atom. The van der Waals surface area contributed by atoms with E-state index >= 15 is 0 Å². The molecule has 1 heterocycles. The molecule has 1 rings (SSSR count). The van der Waals surface area contributed by atoms with Crippen molar-refractivity contribution in [3.8, 4) is 0 Å². The largest absolute Gasteiger partial charge is 0.379 e. The van der Waals surface area contributed by atoms with Crippen molar-refractivity contribution in [2.75, 3.05) is 13.2 Å². The summed E-state index contributed by atoms with van der Waals surface area (Å²) in [5.74, 6) is 0. The maximum atomic E-state index is 5.51. The molecule has 0 aliphatic heterocycles. The molecule has 0 aromatic carbocycles. The smallest absolute Gasteiger partial charge is 0.0518 e. The van der Waals surface area contributed by atoms with Crippen LogP contribution in [0.3, 0.4) is 0 Å². The zero-order chi connectivity index (χ0) is 11.8. The molecule has 1 N–H and O–H groups in total. The van der Waals surface area contributed by atoms with Crippen LogP contribution in [-0.4, -0.2) is 19.3 Å². The van der Waals surface area contributed by atoms with E-state index in [0.717, 1.165) is 26.0 Å². The summed E-state index contributed by atoms with van der Waals surface area (Å²) < 4.78 is 5.51. The maximum Gasteiger partial charge on any atom is 0.0518 e. The Balaban J connectivity index is 2.15. The average molecular weight is 241 g/mol. The zero-order valence-electron chi connectivity index (χ0n) is 10.5. The third-order valence-electron chi connectivity index (χ3n) is 2.46. The number of thiophene rings is 1. The van der Waals surface area contributed by atoms with E-state index in [1.165, 1.54) is 4.88 Å². The van der Waals surface area contributed by atoms with Crippen LogP contribution in [0.25, 0.3) is 0 Å². The standard InChI is InChI=1S/C13H23NOS/c1-4-12(13-7-5-10-16-13)14-8-6-9-15-11(2)3/h5,7,10-12,14H,4,6,8-9H2,1-3H3. The molecule has 1 aromatic rings. The van der Waals surface area contributed by atoms with Gasteiger partial charge in [0.15, 0.2) is 0 Å². The molecule has 0 fully saturated rings. The molecule has 1 unspecified atom stereocenters. The molecule has 0 amide bonds. The van der Waals surface area contributed by atoms with Crippen molar-refractivity contribution in [2.45, 2.75) is 45.8 Å². The van der Waals surface area contributed by atoms with Crippen LogP contribution in [0, 0.1) is 0 Å². The summed E-state index contributed by atoms with van der Waals surface area (Å²) in [6, 6.07) is 4.84. The number of hydrogen-bond donors (Lipinski definition) is 1. The maximum absolute atomic E-state index is 5.51. The minimum absolute atomic E-state index is 0.347. The van der Waals surface area contributed by atoms with Gasteiger partial charge in [0.1, 0.15) is 0 Å².